The molecule has 5 nitrogen and oxygen atoms in total. The van der Waals surface area contributed by atoms with Gasteiger partial charge in [0.1, 0.15) is 0 Å². The van der Waals surface area contributed by atoms with Crippen LogP contribution in [0.3, 0.4) is 0 Å². The van der Waals surface area contributed by atoms with Crippen LogP contribution in [0.4, 0.5) is 0 Å². The third-order valence-corrected chi connectivity index (χ3v) is 11.4. The molecule has 57 heavy (non-hydrogen) atoms. The van der Waals surface area contributed by atoms with Crippen molar-refractivity contribution in [3.05, 3.63) is 200 Å². The second-order valence-electron chi connectivity index (χ2n) is 14.6. The topological polar surface area (TPSA) is 40.6 Å². The van der Waals surface area contributed by atoms with Gasteiger partial charge in [-0.1, -0.05) is 146 Å². The standard InChI is InChI=1S/C52H33N5/c1-3-16-34(17-4-1)44-33-45(35-18-15-21-37(32-35)55-46-26-11-7-22-38(46)39-23-8-12-27-47(39)55)54-52(53-44)57-49-29-14-10-25-41(49)43-31-30-42-40-24-9-13-28-48(40)56(50(42)51(43)57)36-19-5-2-6-20-36/h1-33H. The van der Waals surface area contributed by atoms with Gasteiger partial charge < -0.3 is 9.13 Å². The maximum atomic E-state index is 5.52. The molecule has 4 aromatic heterocycles. The summed E-state index contributed by atoms with van der Waals surface area (Å²) in [6.45, 7) is 0. The number of benzene rings is 8. The van der Waals surface area contributed by atoms with E-state index in [0.717, 1.165) is 66.7 Å². The van der Waals surface area contributed by atoms with E-state index in [0.29, 0.717) is 5.95 Å². The number of nitrogens with zero attached hydrogens (tertiary/aromatic N) is 5. The first kappa shape index (κ1) is 31.6. The molecule has 0 saturated heterocycles. The SMILES string of the molecule is c1ccc(-c2cc(-c3cccc(-n4c5ccccc5c5ccccc54)c3)nc(-n3c4ccccc4c4ccc5c6ccccc6n(-c6ccccc6)c5c43)n2)cc1. The van der Waals surface area contributed by atoms with Crippen LogP contribution in [-0.2, 0) is 0 Å². The molecular formula is C52H33N5. The number of hydrogen-bond donors (Lipinski definition) is 0. The van der Waals surface area contributed by atoms with E-state index in [1.807, 2.05) is 6.07 Å². The third-order valence-electron chi connectivity index (χ3n) is 11.4. The molecule has 0 bridgehead atoms. The molecule has 0 unspecified atom stereocenters. The average molecular weight is 728 g/mol. The van der Waals surface area contributed by atoms with Crippen molar-refractivity contribution in [2.75, 3.05) is 0 Å². The summed E-state index contributed by atoms with van der Waals surface area (Å²) in [4.78, 5) is 10.9. The van der Waals surface area contributed by atoms with Gasteiger partial charge in [-0.3, -0.25) is 4.57 Å². The van der Waals surface area contributed by atoms with Crippen molar-refractivity contribution in [2.45, 2.75) is 0 Å². The summed E-state index contributed by atoms with van der Waals surface area (Å²) in [5.41, 5.74) is 12.7. The van der Waals surface area contributed by atoms with E-state index in [-0.39, 0.29) is 0 Å². The zero-order chi connectivity index (χ0) is 37.5. The fraction of sp³-hybridized carbons (Fsp3) is 0. The molecule has 4 heterocycles. The van der Waals surface area contributed by atoms with E-state index in [2.05, 4.69) is 208 Å². The minimum atomic E-state index is 0.622. The molecular weight excluding hydrogens is 695 g/mol. The highest BCUT2D eigenvalue weighted by Gasteiger charge is 2.23. The molecule has 0 radical (unpaired) electrons. The summed E-state index contributed by atoms with van der Waals surface area (Å²) in [7, 11) is 0. The van der Waals surface area contributed by atoms with Gasteiger partial charge >= 0.3 is 0 Å². The lowest BCUT2D eigenvalue weighted by Crippen LogP contribution is -2.05. The van der Waals surface area contributed by atoms with Gasteiger partial charge in [-0.25, -0.2) is 9.97 Å². The molecule has 8 aromatic carbocycles. The summed E-state index contributed by atoms with van der Waals surface area (Å²) >= 11 is 0. The van der Waals surface area contributed by atoms with E-state index < -0.39 is 0 Å². The van der Waals surface area contributed by atoms with Gasteiger partial charge in [0, 0.05) is 54.8 Å². The van der Waals surface area contributed by atoms with Gasteiger partial charge in [0.2, 0.25) is 5.95 Å². The molecule has 12 rings (SSSR count). The van der Waals surface area contributed by atoms with E-state index in [4.69, 9.17) is 9.97 Å². The number of aromatic nitrogens is 5. The molecule has 0 aliphatic carbocycles. The summed E-state index contributed by atoms with van der Waals surface area (Å²) in [6.07, 6.45) is 0. The molecule has 0 spiro atoms. The number of fused-ring (bicyclic) bond motifs is 10. The Bertz CT molecular complexity index is 3460. The van der Waals surface area contributed by atoms with E-state index in [1.54, 1.807) is 0 Å². The second kappa shape index (κ2) is 12.4. The van der Waals surface area contributed by atoms with Gasteiger partial charge in [-0.05, 0) is 54.6 Å². The highest BCUT2D eigenvalue weighted by Crippen LogP contribution is 2.42. The fourth-order valence-corrected chi connectivity index (χ4v) is 9.00. The van der Waals surface area contributed by atoms with Gasteiger partial charge in [0.25, 0.3) is 0 Å². The number of para-hydroxylation sites is 5. The van der Waals surface area contributed by atoms with Crippen molar-refractivity contribution >= 4 is 65.4 Å². The summed E-state index contributed by atoms with van der Waals surface area (Å²) in [5.74, 6) is 0.622. The lowest BCUT2D eigenvalue weighted by Gasteiger charge is -2.14. The molecule has 0 amide bonds. The fourth-order valence-electron chi connectivity index (χ4n) is 9.00. The van der Waals surface area contributed by atoms with Crippen LogP contribution in [0.2, 0.25) is 0 Å². The van der Waals surface area contributed by atoms with Crippen LogP contribution in [0.15, 0.2) is 200 Å². The Labute approximate surface area is 328 Å². The Kier molecular flexibility index (Phi) is 6.86. The predicted octanol–water partition coefficient (Wildman–Crippen LogP) is 13.1. The number of rotatable bonds is 5. The van der Waals surface area contributed by atoms with Crippen LogP contribution in [-0.4, -0.2) is 23.7 Å². The smallest absolute Gasteiger partial charge is 0.235 e. The third kappa shape index (κ3) is 4.76. The quantitative estimate of drug-likeness (QED) is 0.177. The Balaban J connectivity index is 1.17. The first-order valence-electron chi connectivity index (χ1n) is 19.3. The Morgan fingerprint density at radius 3 is 1.30 bits per heavy atom. The molecule has 266 valence electrons. The summed E-state index contributed by atoms with van der Waals surface area (Å²) in [5, 5.41) is 7.17. The van der Waals surface area contributed by atoms with Crippen LogP contribution in [0.1, 0.15) is 0 Å². The summed E-state index contributed by atoms with van der Waals surface area (Å²) < 4.78 is 7.05. The Hall–Kier alpha value is -7.76. The first-order valence-corrected chi connectivity index (χ1v) is 19.3. The normalized spacial score (nSPS) is 11.9. The molecule has 0 fully saturated rings. The minimum Gasteiger partial charge on any atom is -0.309 e. The zero-order valence-electron chi connectivity index (χ0n) is 30.8. The van der Waals surface area contributed by atoms with Crippen LogP contribution in [0.5, 0.6) is 0 Å². The van der Waals surface area contributed by atoms with Crippen molar-refractivity contribution in [1.29, 1.82) is 0 Å². The maximum Gasteiger partial charge on any atom is 0.235 e. The van der Waals surface area contributed by atoms with Crippen LogP contribution in [0.25, 0.3) is 105 Å². The van der Waals surface area contributed by atoms with Crippen LogP contribution >= 0.6 is 0 Å². The Morgan fingerprint density at radius 1 is 0.281 bits per heavy atom. The monoisotopic (exact) mass is 727 g/mol. The molecule has 0 aliphatic heterocycles. The van der Waals surface area contributed by atoms with Crippen molar-refractivity contribution in [2.24, 2.45) is 0 Å². The van der Waals surface area contributed by atoms with Crippen LogP contribution < -0.4 is 0 Å². The Morgan fingerprint density at radius 2 is 0.702 bits per heavy atom. The molecule has 0 saturated carbocycles. The van der Waals surface area contributed by atoms with E-state index >= 15 is 0 Å². The van der Waals surface area contributed by atoms with Gasteiger partial charge in [-0.15, -0.1) is 0 Å². The van der Waals surface area contributed by atoms with Gasteiger partial charge in [0.05, 0.1) is 44.5 Å². The largest absolute Gasteiger partial charge is 0.309 e. The molecule has 12 aromatic rings. The average Bonchev–Trinajstić information content (AvgIpc) is 3.93. The number of hydrogen-bond acceptors (Lipinski definition) is 2. The van der Waals surface area contributed by atoms with Crippen molar-refractivity contribution < 1.29 is 0 Å². The molecule has 0 N–H and O–H groups in total. The van der Waals surface area contributed by atoms with Gasteiger partial charge in [-0.2, -0.15) is 0 Å². The highest BCUT2D eigenvalue weighted by molar-refractivity contribution is 6.23. The van der Waals surface area contributed by atoms with Gasteiger partial charge in [0.15, 0.2) is 0 Å². The van der Waals surface area contributed by atoms with E-state index in [9.17, 15) is 0 Å². The lowest BCUT2D eigenvalue weighted by molar-refractivity contribution is 0.994. The summed E-state index contributed by atoms with van der Waals surface area (Å²) in [6, 6.07) is 71.2. The van der Waals surface area contributed by atoms with E-state index in [1.165, 1.54) is 32.6 Å². The van der Waals surface area contributed by atoms with Crippen molar-refractivity contribution in [3.63, 3.8) is 0 Å². The first-order chi connectivity index (χ1) is 28.3. The van der Waals surface area contributed by atoms with Crippen molar-refractivity contribution in [3.8, 4) is 39.8 Å². The zero-order valence-corrected chi connectivity index (χ0v) is 30.8. The molecule has 0 aliphatic rings. The highest BCUT2D eigenvalue weighted by atomic mass is 15.2. The lowest BCUT2D eigenvalue weighted by atomic mass is 10.1. The second-order valence-corrected chi connectivity index (χ2v) is 14.6. The molecule has 5 heteroatoms. The predicted molar refractivity (Wildman–Crippen MR) is 236 cm³/mol. The van der Waals surface area contributed by atoms with Crippen molar-refractivity contribution in [1.82, 2.24) is 23.7 Å². The van der Waals surface area contributed by atoms with Crippen LogP contribution in [0, 0.1) is 0 Å². The molecule has 0 atom stereocenters. The maximum absolute atomic E-state index is 5.52. The minimum absolute atomic E-state index is 0.622.